The molecule has 0 saturated carbocycles. The summed E-state index contributed by atoms with van der Waals surface area (Å²) in [5.41, 5.74) is -0.635. The minimum absolute atomic E-state index is 0. The van der Waals surface area contributed by atoms with Crippen molar-refractivity contribution in [1.82, 2.24) is 9.55 Å². The molecule has 1 aromatic rings. The SMILES string of the molecule is CC(C)c1ncc([B-](F)(F)F)n1C.[K+]. The zero-order valence-corrected chi connectivity index (χ0v) is 11.9. The summed E-state index contributed by atoms with van der Waals surface area (Å²) in [6.07, 6.45) is 0.898. The summed E-state index contributed by atoms with van der Waals surface area (Å²) in [5.74, 6) is 0.478. The van der Waals surface area contributed by atoms with Crippen LogP contribution in [0.2, 0.25) is 0 Å². The zero-order valence-electron chi connectivity index (χ0n) is 8.76. The number of aromatic nitrogens is 2. The van der Waals surface area contributed by atoms with Gasteiger partial charge >= 0.3 is 58.4 Å². The first kappa shape index (κ1) is 14.7. The van der Waals surface area contributed by atoms with Gasteiger partial charge in [0, 0.05) is 19.2 Å². The molecule has 0 atom stereocenters. The van der Waals surface area contributed by atoms with Crippen molar-refractivity contribution in [3.8, 4) is 0 Å². The van der Waals surface area contributed by atoms with Gasteiger partial charge < -0.3 is 17.5 Å². The number of hydrogen-bond donors (Lipinski definition) is 0. The summed E-state index contributed by atoms with van der Waals surface area (Å²) >= 11 is 0. The van der Waals surface area contributed by atoms with E-state index in [9.17, 15) is 12.9 Å². The smallest absolute Gasteiger partial charge is 0.444 e. The third-order valence-electron chi connectivity index (χ3n) is 1.91. The van der Waals surface area contributed by atoms with Gasteiger partial charge in [0.25, 0.3) is 0 Å². The molecule has 0 spiro atoms. The number of nitrogens with zero attached hydrogens (tertiary/aromatic N) is 2. The molecule has 7 heteroatoms. The van der Waals surface area contributed by atoms with Gasteiger partial charge in [-0.2, -0.15) is 0 Å². The summed E-state index contributed by atoms with van der Waals surface area (Å²) in [4.78, 5) is 3.74. The minimum atomic E-state index is -4.94. The van der Waals surface area contributed by atoms with Crippen LogP contribution in [0.5, 0.6) is 0 Å². The van der Waals surface area contributed by atoms with Gasteiger partial charge in [-0.15, -0.1) is 0 Å². The van der Waals surface area contributed by atoms with E-state index in [1.807, 2.05) is 13.8 Å². The van der Waals surface area contributed by atoms with Gasteiger partial charge in [0.15, 0.2) is 0 Å². The van der Waals surface area contributed by atoms with Crippen LogP contribution in [-0.2, 0) is 7.05 Å². The van der Waals surface area contributed by atoms with E-state index in [1.54, 1.807) is 0 Å². The Hall–Kier alpha value is 0.701. The fourth-order valence-corrected chi connectivity index (χ4v) is 1.28. The Morgan fingerprint density at radius 3 is 2.07 bits per heavy atom. The monoisotopic (exact) mass is 230 g/mol. The largest absolute Gasteiger partial charge is 1.00 e. The van der Waals surface area contributed by atoms with Crippen LogP contribution in [0.25, 0.3) is 0 Å². The van der Waals surface area contributed by atoms with Crippen molar-refractivity contribution in [2.75, 3.05) is 0 Å². The molecule has 2 nitrogen and oxygen atoms in total. The van der Waals surface area contributed by atoms with E-state index in [0.717, 1.165) is 10.8 Å². The Morgan fingerprint density at radius 2 is 1.86 bits per heavy atom. The molecule has 0 amide bonds. The van der Waals surface area contributed by atoms with E-state index < -0.39 is 12.6 Å². The third kappa shape index (κ3) is 3.10. The average Bonchev–Trinajstić information content (AvgIpc) is 2.28. The van der Waals surface area contributed by atoms with E-state index in [2.05, 4.69) is 4.98 Å². The molecule has 0 radical (unpaired) electrons. The molecule has 1 aromatic heterocycles. The van der Waals surface area contributed by atoms with Crippen LogP contribution < -0.4 is 57.0 Å². The molecule has 0 unspecified atom stereocenters. The van der Waals surface area contributed by atoms with E-state index in [-0.39, 0.29) is 57.3 Å². The number of rotatable bonds is 2. The first-order valence-electron chi connectivity index (χ1n) is 4.05. The maximum atomic E-state index is 12.3. The molecule has 0 saturated heterocycles. The van der Waals surface area contributed by atoms with Crippen LogP contribution in [0.3, 0.4) is 0 Å². The Labute approximate surface area is 124 Å². The van der Waals surface area contributed by atoms with E-state index in [4.69, 9.17) is 0 Å². The molecule has 0 aliphatic rings. The maximum Gasteiger partial charge on any atom is 1.00 e. The Bertz CT molecular complexity index is 308. The van der Waals surface area contributed by atoms with E-state index in [1.165, 1.54) is 7.05 Å². The molecule has 14 heavy (non-hydrogen) atoms. The van der Waals surface area contributed by atoms with Crippen molar-refractivity contribution < 1.29 is 64.3 Å². The Balaban J connectivity index is 0.00000169. The summed E-state index contributed by atoms with van der Waals surface area (Å²) in [7, 11) is 1.40. The number of imidazole rings is 1. The molecule has 0 aliphatic carbocycles. The fraction of sp³-hybridized carbons (Fsp3) is 0.571. The molecule has 74 valence electrons. The van der Waals surface area contributed by atoms with E-state index in [0.29, 0.717) is 5.82 Å². The van der Waals surface area contributed by atoms with Crippen molar-refractivity contribution in [3.05, 3.63) is 12.0 Å². The van der Waals surface area contributed by atoms with Crippen molar-refractivity contribution in [2.45, 2.75) is 19.8 Å². The average molecular weight is 230 g/mol. The zero-order chi connectivity index (χ0) is 10.2. The normalized spacial score (nSPS) is 11.6. The Kier molecular flexibility index (Phi) is 5.42. The van der Waals surface area contributed by atoms with Gasteiger partial charge in [0.05, 0.1) is 0 Å². The molecule has 0 N–H and O–H groups in total. The molecule has 0 bridgehead atoms. The minimum Gasteiger partial charge on any atom is -0.444 e. The summed E-state index contributed by atoms with van der Waals surface area (Å²) < 4.78 is 38.1. The van der Waals surface area contributed by atoms with Crippen LogP contribution in [0.15, 0.2) is 6.20 Å². The number of halogens is 3. The first-order chi connectivity index (χ1) is 5.84. The molecule has 1 heterocycles. The summed E-state index contributed by atoms with van der Waals surface area (Å²) in [5, 5.41) is 0. The molecular formula is C7H11BF3KN2. The van der Waals surface area contributed by atoms with Crippen LogP contribution in [0.1, 0.15) is 25.6 Å². The molecule has 0 fully saturated rings. The van der Waals surface area contributed by atoms with Crippen molar-refractivity contribution >= 4 is 12.6 Å². The molecule has 1 rings (SSSR count). The van der Waals surface area contributed by atoms with Crippen LogP contribution in [0, 0.1) is 0 Å². The summed E-state index contributed by atoms with van der Waals surface area (Å²) in [6.45, 7) is -1.31. The van der Waals surface area contributed by atoms with Crippen molar-refractivity contribution in [2.24, 2.45) is 7.05 Å². The molecule has 0 aromatic carbocycles. The quantitative estimate of drug-likeness (QED) is 0.571. The fourth-order valence-electron chi connectivity index (χ4n) is 1.28. The molecular weight excluding hydrogens is 219 g/mol. The second-order valence-electron chi connectivity index (χ2n) is 3.33. The van der Waals surface area contributed by atoms with Gasteiger partial charge in [-0.3, -0.25) is 0 Å². The Morgan fingerprint density at radius 1 is 1.36 bits per heavy atom. The second kappa shape index (κ2) is 5.16. The number of hydrogen-bond acceptors (Lipinski definition) is 1. The topological polar surface area (TPSA) is 17.8 Å². The van der Waals surface area contributed by atoms with Gasteiger partial charge in [-0.1, -0.05) is 13.8 Å². The second-order valence-corrected chi connectivity index (χ2v) is 3.33. The predicted octanol–water partition coefficient (Wildman–Crippen LogP) is -1.40. The van der Waals surface area contributed by atoms with Gasteiger partial charge in [0.1, 0.15) is 5.82 Å². The van der Waals surface area contributed by atoms with Gasteiger partial charge in [0.2, 0.25) is 0 Å². The predicted molar refractivity (Wildman–Crippen MR) is 46.0 cm³/mol. The van der Waals surface area contributed by atoms with E-state index >= 15 is 0 Å². The van der Waals surface area contributed by atoms with Gasteiger partial charge in [-0.05, 0) is 5.59 Å². The first-order valence-corrected chi connectivity index (χ1v) is 4.05. The van der Waals surface area contributed by atoms with Crippen LogP contribution in [0.4, 0.5) is 12.9 Å². The molecule has 0 aliphatic heterocycles. The van der Waals surface area contributed by atoms with Crippen LogP contribution in [-0.4, -0.2) is 16.5 Å². The van der Waals surface area contributed by atoms with Crippen molar-refractivity contribution in [1.29, 1.82) is 0 Å². The summed E-state index contributed by atoms with van der Waals surface area (Å²) in [6, 6.07) is 0. The van der Waals surface area contributed by atoms with Gasteiger partial charge in [-0.25, -0.2) is 4.98 Å². The maximum absolute atomic E-state index is 12.3. The van der Waals surface area contributed by atoms with Crippen LogP contribution >= 0.6 is 0 Å². The third-order valence-corrected chi connectivity index (χ3v) is 1.91. The standard InChI is InChI=1S/C7H11BF3N2.K/c1-5(2)7-12-4-6(13(7)3)8(9,10)11;/h4-5H,1-3H3;/q-1;+1. The van der Waals surface area contributed by atoms with Crippen molar-refractivity contribution in [3.63, 3.8) is 0 Å².